The number of hydrogen-bond donors (Lipinski definition) is 0. The van der Waals surface area contributed by atoms with Crippen LogP contribution in [0, 0.1) is 0 Å². The molecule has 3 nitrogen and oxygen atoms in total. The van der Waals surface area contributed by atoms with Crippen LogP contribution in [0.25, 0.3) is 22.1 Å². The fourth-order valence-electron chi connectivity index (χ4n) is 1.52. The summed E-state index contributed by atoms with van der Waals surface area (Å²) >= 11 is 9.29. The van der Waals surface area contributed by atoms with Gasteiger partial charge in [0, 0.05) is 9.86 Å². The summed E-state index contributed by atoms with van der Waals surface area (Å²) in [6, 6.07) is 5.76. The van der Waals surface area contributed by atoms with Gasteiger partial charge in [-0.25, -0.2) is 9.97 Å². The zero-order valence-electron chi connectivity index (χ0n) is 7.37. The van der Waals surface area contributed by atoms with Gasteiger partial charge in [0.25, 0.3) is 0 Å². The lowest BCUT2D eigenvalue weighted by molar-refractivity contribution is 0.665. The van der Waals surface area contributed by atoms with Crippen molar-refractivity contribution < 1.29 is 4.42 Å². The first-order valence-corrected chi connectivity index (χ1v) is 5.41. The number of nitrogens with zero attached hydrogens (tertiary/aromatic N) is 2. The molecule has 0 N–H and O–H groups in total. The van der Waals surface area contributed by atoms with Gasteiger partial charge in [0.05, 0.1) is 0 Å². The Kier molecular flexibility index (Phi) is 1.94. The van der Waals surface area contributed by atoms with Crippen molar-refractivity contribution in [1.82, 2.24) is 9.97 Å². The van der Waals surface area contributed by atoms with E-state index >= 15 is 0 Å². The molecule has 0 atom stereocenters. The minimum absolute atomic E-state index is 0.340. The number of benzene rings is 1. The van der Waals surface area contributed by atoms with Gasteiger partial charge in [-0.2, -0.15) is 0 Å². The van der Waals surface area contributed by atoms with Crippen molar-refractivity contribution in [2.24, 2.45) is 0 Å². The van der Waals surface area contributed by atoms with Gasteiger partial charge in [0.1, 0.15) is 17.4 Å². The molecule has 2 heterocycles. The van der Waals surface area contributed by atoms with E-state index in [2.05, 4.69) is 25.9 Å². The van der Waals surface area contributed by atoms with Crippen molar-refractivity contribution >= 4 is 49.6 Å². The Morgan fingerprint density at radius 3 is 3.00 bits per heavy atom. The lowest BCUT2D eigenvalue weighted by atomic mass is 10.2. The van der Waals surface area contributed by atoms with E-state index in [1.54, 1.807) is 0 Å². The second-order valence-corrected chi connectivity index (χ2v) is 4.36. The van der Waals surface area contributed by atoms with Gasteiger partial charge in [-0.05, 0) is 18.2 Å². The van der Waals surface area contributed by atoms with E-state index in [0.29, 0.717) is 10.7 Å². The lowest BCUT2D eigenvalue weighted by Crippen LogP contribution is -1.78. The quantitative estimate of drug-likeness (QED) is 0.589. The first-order valence-electron chi connectivity index (χ1n) is 4.24. The van der Waals surface area contributed by atoms with E-state index in [4.69, 9.17) is 16.0 Å². The maximum Gasteiger partial charge on any atom is 0.191 e. The Hall–Kier alpha value is -1.13. The Balaban J connectivity index is 2.57. The first kappa shape index (κ1) is 9.12. The number of rotatable bonds is 0. The third-order valence-electron chi connectivity index (χ3n) is 2.17. The lowest BCUT2D eigenvalue weighted by Gasteiger charge is -1.89. The van der Waals surface area contributed by atoms with Gasteiger partial charge in [0.2, 0.25) is 0 Å². The molecule has 0 aliphatic carbocycles. The molecule has 74 valence electrons. The molecule has 0 amide bonds. The number of halogens is 2. The first-order chi connectivity index (χ1) is 7.25. The third kappa shape index (κ3) is 1.33. The van der Waals surface area contributed by atoms with Gasteiger partial charge in [-0.3, -0.25) is 0 Å². The molecule has 0 bridgehead atoms. The largest absolute Gasteiger partial charge is 0.451 e. The second-order valence-electron chi connectivity index (χ2n) is 3.08. The highest BCUT2D eigenvalue weighted by Gasteiger charge is 2.11. The highest BCUT2D eigenvalue weighted by atomic mass is 79.9. The Labute approximate surface area is 98.2 Å². The van der Waals surface area contributed by atoms with E-state index in [-0.39, 0.29) is 0 Å². The van der Waals surface area contributed by atoms with Crippen LogP contribution in [0.3, 0.4) is 0 Å². The average Bonchev–Trinajstić information content (AvgIpc) is 2.57. The fraction of sp³-hybridized carbons (Fsp3) is 0. The number of furan rings is 1. The average molecular weight is 284 g/mol. The van der Waals surface area contributed by atoms with Crippen LogP contribution in [0.4, 0.5) is 0 Å². The number of fused-ring (bicyclic) bond motifs is 3. The van der Waals surface area contributed by atoms with Crippen LogP contribution in [0.15, 0.2) is 33.4 Å². The summed E-state index contributed by atoms with van der Waals surface area (Å²) in [5.74, 6) is 0. The summed E-state index contributed by atoms with van der Waals surface area (Å²) in [5.41, 5.74) is 2.03. The zero-order valence-corrected chi connectivity index (χ0v) is 9.71. The van der Waals surface area contributed by atoms with Crippen molar-refractivity contribution in [3.63, 3.8) is 0 Å². The predicted octanol–water partition coefficient (Wildman–Crippen LogP) is 3.79. The molecule has 3 aromatic rings. The maximum atomic E-state index is 5.91. The van der Waals surface area contributed by atoms with Gasteiger partial charge in [-0.1, -0.05) is 27.5 Å². The molecule has 0 unspecified atom stereocenters. The second kappa shape index (κ2) is 3.18. The van der Waals surface area contributed by atoms with Crippen LogP contribution in [-0.2, 0) is 0 Å². The summed E-state index contributed by atoms with van der Waals surface area (Å²) in [7, 11) is 0. The molecule has 0 fully saturated rings. The molecule has 0 saturated heterocycles. The van der Waals surface area contributed by atoms with Crippen molar-refractivity contribution in [3.05, 3.63) is 34.2 Å². The molecule has 0 aliphatic rings. The molecule has 2 aromatic heterocycles. The normalized spacial score (nSPS) is 11.3. The minimum Gasteiger partial charge on any atom is -0.451 e. The maximum absolute atomic E-state index is 5.91. The molecule has 0 spiro atoms. The van der Waals surface area contributed by atoms with Crippen molar-refractivity contribution in [2.45, 2.75) is 0 Å². The molecule has 0 aliphatic heterocycles. The molecule has 3 rings (SSSR count). The van der Waals surface area contributed by atoms with Gasteiger partial charge < -0.3 is 4.42 Å². The van der Waals surface area contributed by atoms with Crippen LogP contribution < -0.4 is 0 Å². The predicted molar refractivity (Wildman–Crippen MR) is 62.0 cm³/mol. The molecule has 0 saturated carbocycles. The summed E-state index contributed by atoms with van der Waals surface area (Å²) in [6.07, 6.45) is 1.43. The highest BCUT2D eigenvalue weighted by Crippen LogP contribution is 2.31. The standard InChI is InChI=1S/C10H4BrClN2O/c11-5-1-2-6-7(3-5)15-9-8(6)13-4-14-10(9)12/h1-4H. The van der Waals surface area contributed by atoms with Gasteiger partial charge in [0.15, 0.2) is 10.7 Å². The van der Waals surface area contributed by atoms with Crippen LogP contribution in [0.5, 0.6) is 0 Å². The van der Waals surface area contributed by atoms with Gasteiger partial charge in [-0.15, -0.1) is 0 Å². The van der Waals surface area contributed by atoms with Crippen LogP contribution >= 0.6 is 27.5 Å². The Morgan fingerprint density at radius 2 is 2.13 bits per heavy atom. The number of aromatic nitrogens is 2. The van der Waals surface area contributed by atoms with E-state index < -0.39 is 0 Å². The summed E-state index contributed by atoms with van der Waals surface area (Å²) in [5, 5.41) is 1.28. The summed E-state index contributed by atoms with van der Waals surface area (Å²) in [6.45, 7) is 0. The topological polar surface area (TPSA) is 38.9 Å². The molecular formula is C10H4BrClN2O. The van der Waals surface area contributed by atoms with E-state index in [1.165, 1.54) is 6.33 Å². The fourth-order valence-corrected chi connectivity index (χ4v) is 2.03. The zero-order chi connectivity index (χ0) is 10.4. The van der Waals surface area contributed by atoms with E-state index in [9.17, 15) is 0 Å². The van der Waals surface area contributed by atoms with Gasteiger partial charge >= 0.3 is 0 Å². The molecule has 1 aromatic carbocycles. The SMILES string of the molecule is Clc1ncnc2c1oc1cc(Br)ccc12. The minimum atomic E-state index is 0.340. The molecule has 0 radical (unpaired) electrons. The van der Waals surface area contributed by atoms with Crippen LogP contribution in [0.1, 0.15) is 0 Å². The van der Waals surface area contributed by atoms with E-state index in [0.717, 1.165) is 21.0 Å². The van der Waals surface area contributed by atoms with Crippen molar-refractivity contribution in [1.29, 1.82) is 0 Å². The van der Waals surface area contributed by atoms with Crippen LogP contribution in [0.2, 0.25) is 5.15 Å². The smallest absolute Gasteiger partial charge is 0.191 e. The van der Waals surface area contributed by atoms with Crippen LogP contribution in [-0.4, -0.2) is 9.97 Å². The Bertz CT molecular complexity index is 665. The summed E-state index contributed by atoms with van der Waals surface area (Å²) < 4.78 is 6.53. The molecule has 15 heavy (non-hydrogen) atoms. The molecular weight excluding hydrogens is 279 g/mol. The third-order valence-corrected chi connectivity index (χ3v) is 2.93. The number of hydrogen-bond acceptors (Lipinski definition) is 3. The highest BCUT2D eigenvalue weighted by molar-refractivity contribution is 9.10. The van der Waals surface area contributed by atoms with Crippen molar-refractivity contribution in [3.8, 4) is 0 Å². The van der Waals surface area contributed by atoms with E-state index in [1.807, 2.05) is 18.2 Å². The Morgan fingerprint density at radius 1 is 1.27 bits per heavy atom. The van der Waals surface area contributed by atoms with Crippen molar-refractivity contribution in [2.75, 3.05) is 0 Å². The monoisotopic (exact) mass is 282 g/mol. The summed E-state index contributed by atoms with van der Waals surface area (Å²) in [4.78, 5) is 8.03. The molecule has 5 heteroatoms.